The third-order valence-electron chi connectivity index (χ3n) is 2.60. The van der Waals surface area contributed by atoms with Crippen LogP contribution in [-0.2, 0) is 14.8 Å². The highest BCUT2D eigenvalue weighted by atomic mass is 32.2. The molecule has 0 bridgehead atoms. The topological polar surface area (TPSA) is 81.4 Å². The summed E-state index contributed by atoms with van der Waals surface area (Å²) in [7, 11) is -3.46. The van der Waals surface area contributed by atoms with Crippen molar-refractivity contribution < 1.29 is 13.2 Å². The summed E-state index contributed by atoms with van der Waals surface area (Å²) in [4.78, 5) is 0.0161. The van der Waals surface area contributed by atoms with E-state index in [2.05, 4.69) is 4.72 Å². The van der Waals surface area contributed by atoms with Crippen LogP contribution in [-0.4, -0.2) is 37.9 Å². The van der Waals surface area contributed by atoms with Crippen molar-refractivity contribution in [1.29, 1.82) is 0 Å². The summed E-state index contributed by atoms with van der Waals surface area (Å²) in [5, 5.41) is -0.788. The zero-order valence-corrected chi connectivity index (χ0v) is 10.9. The molecular formula is C9H18N2O3S2. The predicted octanol–water partition coefficient (Wildman–Crippen LogP) is 0.150. The quantitative estimate of drug-likeness (QED) is 0.669. The molecule has 7 heteroatoms. The molecule has 0 radical (unpaired) electrons. The van der Waals surface area contributed by atoms with Crippen LogP contribution in [0.5, 0.6) is 0 Å². The molecule has 3 N–H and O–H groups in total. The Morgan fingerprint density at radius 1 is 1.69 bits per heavy atom. The SMILES string of the molecule is CCC(C(N)=S)S(=O)(=O)NCC1CCCO1. The van der Waals surface area contributed by atoms with Crippen molar-refractivity contribution in [3.63, 3.8) is 0 Å². The van der Waals surface area contributed by atoms with Gasteiger partial charge in [0, 0.05) is 13.2 Å². The van der Waals surface area contributed by atoms with Crippen LogP contribution in [0.2, 0.25) is 0 Å². The second-order valence-electron chi connectivity index (χ2n) is 3.83. The first-order chi connectivity index (χ1) is 7.47. The summed E-state index contributed by atoms with van der Waals surface area (Å²) in [6, 6.07) is 0. The van der Waals surface area contributed by atoms with Crippen molar-refractivity contribution in [3.8, 4) is 0 Å². The van der Waals surface area contributed by atoms with Gasteiger partial charge in [-0.1, -0.05) is 19.1 Å². The Balaban J connectivity index is 2.52. The van der Waals surface area contributed by atoms with Crippen LogP contribution in [0.1, 0.15) is 26.2 Å². The van der Waals surface area contributed by atoms with Gasteiger partial charge in [-0.05, 0) is 19.3 Å². The normalized spacial score (nSPS) is 23.2. The van der Waals surface area contributed by atoms with Gasteiger partial charge in [0.1, 0.15) is 5.25 Å². The van der Waals surface area contributed by atoms with Crippen molar-refractivity contribution in [1.82, 2.24) is 4.72 Å². The van der Waals surface area contributed by atoms with Crippen LogP contribution in [0.15, 0.2) is 0 Å². The van der Waals surface area contributed by atoms with E-state index in [-0.39, 0.29) is 11.1 Å². The van der Waals surface area contributed by atoms with Gasteiger partial charge in [0.05, 0.1) is 11.1 Å². The largest absolute Gasteiger partial charge is 0.392 e. The van der Waals surface area contributed by atoms with Gasteiger partial charge >= 0.3 is 0 Å². The molecule has 0 aromatic rings. The molecule has 5 nitrogen and oxygen atoms in total. The number of hydrogen-bond acceptors (Lipinski definition) is 4. The Kier molecular flexibility index (Phi) is 5.10. The summed E-state index contributed by atoms with van der Waals surface area (Å²) < 4.78 is 31.5. The summed E-state index contributed by atoms with van der Waals surface area (Å²) in [6.45, 7) is 2.76. The van der Waals surface area contributed by atoms with Crippen LogP contribution >= 0.6 is 12.2 Å². The Hall–Kier alpha value is -0.240. The number of sulfonamides is 1. The van der Waals surface area contributed by atoms with Gasteiger partial charge in [-0.25, -0.2) is 13.1 Å². The van der Waals surface area contributed by atoms with Gasteiger partial charge in [0.25, 0.3) is 0 Å². The van der Waals surface area contributed by atoms with Crippen LogP contribution in [0, 0.1) is 0 Å². The number of rotatable bonds is 6. The fourth-order valence-corrected chi connectivity index (χ4v) is 3.60. The van der Waals surface area contributed by atoms with E-state index in [1.807, 2.05) is 0 Å². The molecule has 16 heavy (non-hydrogen) atoms. The second kappa shape index (κ2) is 5.90. The van der Waals surface area contributed by atoms with Crippen molar-refractivity contribution in [3.05, 3.63) is 0 Å². The van der Waals surface area contributed by atoms with Crippen molar-refractivity contribution >= 4 is 27.2 Å². The first-order valence-electron chi connectivity index (χ1n) is 5.36. The van der Waals surface area contributed by atoms with Crippen molar-refractivity contribution in [2.45, 2.75) is 37.5 Å². The molecule has 94 valence electrons. The fraction of sp³-hybridized carbons (Fsp3) is 0.889. The Bertz CT molecular complexity index is 337. The molecule has 0 aliphatic carbocycles. The Morgan fingerprint density at radius 3 is 2.81 bits per heavy atom. The lowest BCUT2D eigenvalue weighted by atomic mass is 10.2. The highest BCUT2D eigenvalue weighted by Crippen LogP contribution is 2.12. The number of nitrogens with two attached hydrogens (primary N) is 1. The molecule has 1 saturated heterocycles. The summed E-state index contributed by atoms with van der Waals surface area (Å²) in [5.74, 6) is 0. The molecule has 0 amide bonds. The highest BCUT2D eigenvalue weighted by molar-refractivity contribution is 7.93. The van der Waals surface area contributed by atoms with E-state index in [9.17, 15) is 8.42 Å². The monoisotopic (exact) mass is 266 g/mol. The molecule has 1 aliphatic heterocycles. The average Bonchev–Trinajstić information content (AvgIpc) is 2.67. The lowest BCUT2D eigenvalue weighted by molar-refractivity contribution is 0.114. The van der Waals surface area contributed by atoms with E-state index in [0.29, 0.717) is 19.6 Å². The van der Waals surface area contributed by atoms with E-state index in [1.54, 1.807) is 6.92 Å². The molecule has 1 aliphatic rings. The Labute approximate surface area is 102 Å². The smallest absolute Gasteiger partial charge is 0.221 e. The van der Waals surface area contributed by atoms with Crippen LogP contribution in [0.25, 0.3) is 0 Å². The van der Waals surface area contributed by atoms with Gasteiger partial charge in [0.2, 0.25) is 10.0 Å². The maximum atomic E-state index is 11.8. The lowest BCUT2D eigenvalue weighted by Gasteiger charge is -2.17. The van der Waals surface area contributed by atoms with E-state index in [4.69, 9.17) is 22.7 Å². The highest BCUT2D eigenvalue weighted by Gasteiger charge is 2.27. The van der Waals surface area contributed by atoms with Crippen molar-refractivity contribution in [2.24, 2.45) is 5.73 Å². The third kappa shape index (κ3) is 3.65. The standard InChI is InChI=1S/C9H18N2O3S2/c1-2-8(9(10)15)16(12,13)11-6-7-4-3-5-14-7/h7-8,11H,2-6H2,1H3,(H2,10,15). The minimum atomic E-state index is -3.46. The first-order valence-corrected chi connectivity index (χ1v) is 7.32. The number of nitrogens with one attached hydrogen (secondary N) is 1. The summed E-state index contributed by atoms with van der Waals surface area (Å²) >= 11 is 4.74. The maximum Gasteiger partial charge on any atom is 0.221 e. The molecule has 0 saturated carbocycles. The fourth-order valence-electron chi connectivity index (χ4n) is 1.69. The van der Waals surface area contributed by atoms with Crippen LogP contribution in [0.3, 0.4) is 0 Å². The van der Waals surface area contributed by atoms with E-state index >= 15 is 0 Å². The van der Waals surface area contributed by atoms with Gasteiger partial charge in [-0.3, -0.25) is 0 Å². The van der Waals surface area contributed by atoms with Crippen LogP contribution in [0.4, 0.5) is 0 Å². The van der Waals surface area contributed by atoms with Crippen molar-refractivity contribution in [2.75, 3.05) is 13.2 Å². The Morgan fingerprint density at radius 2 is 2.38 bits per heavy atom. The molecule has 1 fully saturated rings. The minimum Gasteiger partial charge on any atom is -0.392 e. The van der Waals surface area contributed by atoms with Gasteiger partial charge < -0.3 is 10.5 Å². The molecule has 0 aromatic heterocycles. The predicted molar refractivity (Wildman–Crippen MR) is 66.8 cm³/mol. The molecule has 2 atom stereocenters. The summed E-state index contributed by atoms with van der Waals surface area (Å²) in [5.41, 5.74) is 5.40. The average molecular weight is 266 g/mol. The second-order valence-corrected chi connectivity index (χ2v) is 6.25. The zero-order chi connectivity index (χ0) is 12.2. The van der Waals surface area contributed by atoms with E-state index in [1.165, 1.54) is 0 Å². The zero-order valence-electron chi connectivity index (χ0n) is 9.31. The van der Waals surface area contributed by atoms with Gasteiger partial charge in [-0.15, -0.1) is 0 Å². The molecule has 2 unspecified atom stereocenters. The van der Waals surface area contributed by atoms with Crippen LogP contribution < -0.4 is 10.5 Å². The molecule has 0 spiro atoms. The maximum absolute atomic E-state index is 11.8. The molecule has 0 aromatic carbocycles. The summed E-state index contributed by atoms with van der Waals surface area (Å²) in [6.07, 6.45) is 2.25. The van der Waals surface area contributed by atoms with Gasteiger partial charge in [0.15, 0.2) is 0 Å². The lowest BCUT2D eigenvalue weighted by Crippen LogP contribution is -2.43. The minimum absolute atomic E-state index is 0.0152. The first kappa shape index (κ1) is 13.8. The molecular weight excluding hydrogens is 248 g/mol. The van der Waals surface area contributed by atoms with Gasteiger partial charge in [-0.2, -0.15) is 0 Å². The molecule has 1 rings (SSSR count). The molecule has 1 heterocycles. The van der Waals surface area contributed by atoms with E-state index in [0.717, 1.165) is 12.8 Å². The number of hydrogen-bond donors (Lipinski definition) is 2. The number of thiocarbonyl (C=S) groups is 1. The number of ether oxygens (including phenoxy) is 1. The van der Waals surface area contributed by atoms with E-state index < -0.39 is 15.3 Å². The third-order valence-corrected chi connectivity index (χ3v) is 4.94.